The van der Waals surface area contributed by atoms with Crippen LogP contribution in [0.3, 0.4) is 0 Å². The summed E-state index contributed by atoms with van der Waals surface area (Å²) < 4.78 is 13.0. The fourth-order valence-corrected chi connectivity index (χ4v) is 1.57. The molecular formula is C11H15ClFNO. The van der Waals surface area contributed by atoms with Gasteiger partial charge in [-0.2, -0.15) is 0 Å². The molecule has 1 aromatic carbocycles. The van der Waals surface area contributed by atoms with Crippen LogP contribution in [0.5, 0.6) is 0 Å². The van der Waals surface area contributed by atoms with Gasteiger partial charge in [0, 0.05) is 18.1 Å². The van der Waals surface area contributed by atoms with E-state index < -0.39 is 0 Å². The Labute approximate surface area is 94.3 Å². The van der Waals surface area contributed by atoms with Crippen LogP contribution in [0.1, 0.15) is 12.5 Å². The first kappa shape index (κ1) is 12.4. The molecule has 0 aliphatic rings. The molecule has 0 unspecified atom stereocenters. The molecule has 2 nitrogen and oxygen atoms in total. The van der Waals surface area contributed by atoms with Crippen LogP contribution in [-0.4, -0.2) is 29.7 Å². The maximum absolute atomic E-state index is 13.0. The van der Waals surface area contributed by atoms with Gasteiger partial charge >= 0.3 is 0 Å². The number of rotatable bonds is 5. The Hall–Kier alpha value is -0.640. The van der Waals surface area contributed by atoms with Gasteiger partial charge in [-0.1, -0.05) is 18.5 Å². The number of aliphatic hydroxyl groups is 1. The highest BCUT2D eigenvalue weighted by atomic mass is 35.5. The van der Waals surface area contributed by atoms with E-state index in [1.807, 2.05) is 11.8 Å². The van der Waals surface area contributed by atoms with Gasteiger partial charge in [0.25, 0.3) is 0 Å². The SMILES string of the molecule is CCN(CCO)Cc1cc(F)ccc1Cl. The predicted molar refractivity (Wildman–Crippen MR) is 59.4 cm³/mol. The molecule has 0 spiro atoms. The second-order valence-corrected chi connectivity index (χ2v) is 3.74. The largest absolute Gasteiger partial charge is 0.395 e. The summed E-state index contributed by atoms with van der Waals surface area (Å²) in [6.45, 7) is 4.02. The monoisotopic (exact) mass is 231 g/mol. The average molecular weight is 232 g/mol. The van der Waals surface area contributed by atoms with E-state index in [1.54, 1.807) is 6.07 Å². The van der Waals surface area contributed by atoms with Gasteiger partial charge < -0.3 is 5.11 Å². The number of aliphatic hydroxyl groups excluding tert-OH is 1. The van der Waals surface area contributed by atoms with Crippen molar-refractivity contribution >= 4 is 11.6 Å². The van der Waals surface area contributed by atoms with Crippen molar-refractivity contribution in [2.75, 3.05) is 19.7 Å². The summed E-state index contributed by atoms with van der Waals surface area (Å²) in [5.41, 5.74) is 0.756. The standard InChI is InChI=1S/C11H15ClFNO/c1-2-14(5-6-15)8-9-7-10(13)3-4-11(9)12/h3-4,7,15H,2,5-6,8H2,1H3. The Morgan fingerprint density at radius 2 is 2.20 bits per heavy atom. The molecule has 15 heavy (non-hydrogen) atoms. The summed E-state index contributed by atoms with van der Waals surface area (Å²) in [7, 11) is 0. The van der Waals surface area contributed by atoms with Crippen LogP contribution in [-0.2, 0) is 6.54 Å². The Morgan fingerprint density at radius 1 is 1.47 bits per heavy atom. The summed E-state index contributed by atoms with van der Waals surface area (Å²) in [5, 5.41) is 9.38. The molecule has 0 bridgehead atoms. The van der Waals surface area contributed by atoms with Gasteiger partial charge in [0.1, 0.15) is 5.82 Å². The van der Waals surface area contributed by atoms with Crippen molar-refractivity contribution in [2.24, 2.45) is 0 Å². The molecule has 0 amide bonds. The molecule has 0 atom stereocenters. The van der Waals surface area contributed by atoms with Gasteiger partial charge in [0.15, 0.2) is 0 Å². The van der Waals surface area contributed by atoms with Crippen molar-refractivity contribution in [3.8, 4) is 0 Å². The molecule has 0 aliphatic carbocycles. The van der Waals surface area contributed by atoms with E-state index in [1.165, 1.54) is 12.1 Å². The highest BCUT2D eigenvalue weighted by Gasteiger charge is 2.07. The third-order valence-electron chi connectivity index (χ3n) is 2.27. The third kappa shape index (κ3) is 3.78. The number of benzene rings is 1. The zero-order valence-corrected chi connectivity index (χ0v) is 9.47. The molecule has 0 aromatic heterocycles. The molecule has 0 aliphatic heterocycles. The number of halogens is 2. The van der Waals surface area contributed by atoms with Gasteiger partial charge in [-0.3, -0.25) is 4.90 Å². The predicted octanol–water partition coefficient (Wildman–Crippen LogP) is 2.29. The highest BCUT2D eigenvalue weighted by Crippen LogP contribution is 2.18. The van der Waals surface area contributed by atoms with Crippen LogP contribution in [0.25, 0.3) is 0 Å². The molecule has 84 valence electrons. The fraction of sp³-hybridized carbons (Fsp3) is 0.455. The molecule has 0 radical (unpaired) electrons. The van der Waals surface area contributed by atoms with E-state index in [4.69, 9.17) is 16.7 Å². The van der Waals surface area contributed by atoms with Gasteiger partial charge in [0.05, 0.1) is 6.61 Å². The molecule has 4 heteroatoms. The Bertz CT molecular complexity index is 319. The van der Waals surface area contributed by atoms with E-state index in [2.05, 4.69) is 0 Å². The minimum Gasteiger partial charge on any atom is -0.395 e. The van der Waals surface area contributed by atoms with Crippen LogP contribution in [0, 0.1) is 5.82 Å². The normalized spacial score (nSPS) is 11.0. The number of nitrogens with zero attached hydrogens (tertiary/aromatic N) is 1. The van der Waals surface area contributed by atoms with Crippen molar-refractivity contribution in [3.63, 3.8) is 0 Å². The summed E-state index contributed by atoms with van der Waals surface area (Å²) in [5.74, 6) is -0.283. The van der Waals surface area contributed by atoms with Gasteiger partial charge in [-0.25, -0.2) is 4.39 Å². The molecule has 1 rings (SSSR count). The average Bonchev–Trinajstić information content (AvgIpc) is 2.22. The molecule has 0 fully saturated rings. The lowest BCUT2D eigenvalue weighted by atomic mass is 10.2. The van der Waals surface area contributed by atoms with Gasteiger partial charge in [-0.05, 0) is 30.3 Å². The molecule has 0 saturated heterocycles. The van der Waals surface area contributed by atoms with E-state index >= 15 is 0 Å². The molecule has 0 saturated carbocycles. The van der Waals surface area contributed by atoms with E-state index in [0.29, 0.717) is 18.1 Å². The second kappa shape index (κ2) is 6.05. The number of likely N-dealkylation sites (N-methyl/N-ethyl adjacent to an activating group) is 1. The van der Waals surface area contributed by atoms with E-state index in [0.717, 1.165) is 12.1 Å². The lowest BCUT2D eigenvalue weighted by Crippen LogP contribution is -2.26. The smallest absolute Gasteiger partial charge is 0.123 e. The maximum atomic E-state index is 13.0. The topological polar surface area (TPSA) is 23.5 Å². The van der Waals surface area contributed by atoms with Crippen LogP contribution < -0.4 is 0 Å². The Balaban J connectivity index is 2.73. The molecule has 1 N–H and O–H groups in total. The van der Waals surface area contributed by atoms with Crippen LogP contribution in [0.4, 0.5) is 4.39 Å². The highest BCUT2D eigenvalue weighted by molar-refractivity contribution is 6.31. The Kier molecular flexibility index (Phi) is 5.02. The van der Waals surface area contributed by atoms with Crippen molar-refractivity contribution in [2.45, 2.75) is 13.5 Å². The maximum Gasteiger partial charge on any atom is 0.123 e. The quantitative estimate of drug-likeness (QED) is 0.841. The summed E-state index contributed by atoms with van der Waals surface area (Å²) in [6, 6.07) is 4.33. The fourth-order valence-electron chi connectivity index (χ4n) is 1.40. The first-order valence-electron chi connectivity index (χ1n) is 4.94. The first-order chi connectivity index (χ1) is 7.17. The minimum absolute atomic E-state index is 0.0980. The third-order valence-corrected chi connectivity index (χ3v) is 2.63. The Morgan fingerprint density at radius 3 is 2.80 bits per heavy atom. The number of hydrogen-bond acceptors (Lipinski definition) is 2. The minimum atomic E-state index is -0.283. The van der Waals surface area contributed by atoms with Crippen molar-refractivity contribution in [1.29, 1.82) is 0 Å². The lowest BCUT2D eigenvalue weighted by Gasteiger charge is -2.19. The van der Waals surface area contributed by atoms with Gasteiger partial charge in [0.2, 0.25) is 0 Å². The first-order valence-corrected chi connectivity index (χ1v) is 5.32. The number of hydrogen-bond donors (Lipinski definition) is 1. The molecular weight excluding hydrogens is 217 g/mol. The summed E-state index contributed by atoms with van der Waals surface area (Å²) in [6.07, 6.45) is 0. The lowest BCUT2D eigenvalue weighted by molar-refractivity contribution is 0.196. The summed E-state index contributed by atoms with van der Waals surface area (Å²) >= 11 is 5.94. The van der Waals surface area contributed by atoms with Crippen LogP contribution in [0.2, 0.25) is 5.02 Å². The van der Waals surface area contributed by atoms with Crippen LogP contribution >= 0.6 is 11.6 Å². The summed E-state index contributed by atoms with van der Waals surface area (Å²) in [4.78, 5) is 2.00. The van der Waals surface area contributed by atoms with Crippen molar-refractivity contribution in [1.82, 2.24) is 4.90 Å². The molecule has 1 aromatic rings. The van der Waals surface area contributed by atoms with Crippen molar-refractivity contribution in [3.05, 3.63) is 34.6 Å². The van der Waals surface area contributed by atoms with Gasteiger partial charge in [-0.15, -0.1) is 0 Å². The molecule has 0 heterocycles. The van der Waals surface area contributed by atoms with E-state index in [9.17, 15) is 4.39 Å². The van der Waals surface area contributed by atoms with Crippen LogP contribution in [0.15, 0.2) is 18.2 Å². The zero-order valence-electron chi connectivity index (χ0n) is 8.71. The second-order valence-electron chi connectivity index (χ2n) is 3.33. The zero-order chi connectivity index (χ0) is 11.3. The van der Waals surface area contributed by atoms with E-state index in [-0.39, 0.29) is 12.4 Å². The van der Waals surface area contributed by atoms with Crippen molar-refractivity contribution < 1.29 is 9.50 Å².